The summed E-state index contributed by atoms with van der Waals surface area (Å²) >= 11 is 0. The Morgan fingerprint density at radius 2 is 1.90 bits per heavy atom. The van der Waals surface area contributed by atoms with Gasteiger partial charge >= 0.3 is 5.97 Å². The lowest BCUT2D eigenvalue weighted by atomic mass is 10.1. The van der Waals surface area contributed by atoms with Gasteiger partial charge in [-0.05, 0) is 26.7 Å². The van der Waals surface area contributed by atoms with Gasteiger partial charge in [-0.25, -0.2) is 4.79 Å². The third-order valence-electron chi connectivity index (χ3n) is 3.34. The van der Waals surface area contributed by atoms with E-state index in [9.17, 15) is 9.59 Å². The third-order valence-corrected chi connectivity index (χ3v) is 3.34. The number of methoxy groups -OCH3 is 1. The van der Waals surface area contributed by atoms with Crippen molar-refractivity contribution in [3.8, 4) is 0 Å². The quantitative estimate of drug-likeness (QED) is 0.805. The second kappa shape index (κ2) is 7.24. The van der Waals surface area contributed by atoms with E-state index in [4.69, 9.17) is 0 Å². The van der Waals surface area contributed by atoms with Crippen molar-refractivity contribution in [2.45, 2.75) is 53.6 Å². The van der Waals surface area contributed by atoms with Crippen LogP contribution in [-0.4, -0.2) is 34.8 Å². The maximum absolute atomic E-state index is 12.0. The standard InChI is InChI=1S/C15H25N3O3/c1-9(2)8-18-12(5)13(10(3)17-18)7-14(19)16-11(4)15(20)21-6/h9,11H,7-8H2,1-6H3,(H,16,19)/t11-/m0/s1. The van der Waals surface area contributed by atoms with Crippen LogP contribution in [0.15, 0.2) is 0 Å². The van der Waals surface area contributed by atoms with Crippen molar-refractivity contribution in [2.75, 3.05) is 7.11 Å². The first-order valence-corrected chi connectivity index (χ1v) is 7.16. The minimum Gasteiger partial charge on any atom is -0.467 e. The van der Waals surface area contributed by atoms with Gasteiger partial charge < -0.3 is 10.1 Å². The molecule has 0 bridgehead atoms. The molecule has 6 heteroatoms. The average Bonchev–Trinajstić information content (AvgIpc) is 2.64. The molecule has 0 saturated heterocycles. The van der Waals surface area contributed by atoms with E-state index in [1.807, 2.05) is 18.5 Å². The van der Waals surface area contributed by atoms with Crippen LogP contribution < -0.4 is 5.32 Å². The summed E-state index contributed by atoms with van der Waals surface area (Å²) in [5, 5.41) is 7.11. The lowest BCUT2D eigenvalue weighted by Gasteiger charge is -2.12. The number of nitrogens with zero attached hydrogens (tertiary/aromatic N) is 2. The molecule has 1 aromatic rings. The number of nitrogens with one attached hydrogen (secondary N) is 1. The molecule has 1 rings (SSSR count). The molecule has 1 heterocycles. The van der Waals surface area contributed by atoms with Gasteiger partial charge in [0, 0.05) is 17.8 Å². The fraction of sp³-hybridized carbons (Fsp3) is 0.667. The first-order valence-electron chi connectivity index (χ1n) is 7.16. The maximum Gasteiger partial charge on any atom is 0.328 e. The van der Waals surface area contributed by atoms with E-state index in [2.05, 4.69) is 29.0 Å². The third kappa shape index (κ3) is 4.58. The van der Waals surface area contributed by atoms with E-state index in [-0.39, 0.29) is 12.3 Å². The molecule has 6 nitrogen and oxygen atoms in total. The van der Waals surface area contributed by atoms with Crippen LogP contribution in [-0.2, 0) is 27.3 Å². The minimum atomic E-state index is -0.645. The van der Waals surface area contributed by atoms with Gasteiger partial charge in [-0.1, -0.05) is 13.8 Å². The lowest BCUT2D eigenvalue weighted by Crippen LogP contribution is -2.40. The minimum absolute atomic E-state index is 0.205. The molecule has 0 aromatic carbocycles. The molecule has 0 radical (unpaired) electrons. The molecule has 0 aliphatic heterocycles. The van der Waals surface area contributed by atoms with Gasteiger partial charge in [-0.15, -0.1) is 0 Å². The number of amides is 1. The topological polar surface area (TPSA) is 73.2 Å². The van der Waals surface area contributed by atoms with E-state index < -0.39 is 12.0 Å². The van der Waals surface area contributed by atoms with Gasteiger partial charge in [-0.3, -0.25) is 9.48 Å². The summed E-state index contributed by atoms with van der Waals surface area (Å²) in [5.74, 6) is -0.167. The van der Waals surface area contributed by atoms with Gasteiger partial charge in [0.25, 0.3) is 0 Å². The molecule has 1 aromatic heterocycles. The summed E-state index contributed by atoms with van der Waals surface area (Å²) < 4.78 is 6.53. The largest absolute Gasteiger partial charge is 0.467 e. The molecule has 118 valence electrons. The second-order valence-corrected chi connectivity index (χ2v) is 5.71. The highest BCUT2D eigenvalue weighted by atomic mass is 16.5. The number of esters is 1. The Morgan fingerprint density at radius 3 is 2.43 bits per heavy atom. The van der Waals surface area contributed by atoms with Crippen LogP contribution in [0.4, 0.5) is 0 Å². The van der Waals surface area contributed by atoms with Crippen LogP contribution in [0.1, 0.15) is 37.7 Å². The zero-order valence-corrected chi connectivity index (χ0v) is 13.7. The first kappa shape index (κ1) is 17.2. The number of hydrogen-bond acceptors (Lipinski definition) is 4. The predicted molar refractivity (Wildman–Crippen MR) is 79.9 cm³/mol. The van der Waals surface area contributed by atoms with E-state index in [0.717, 1.165) is 23.5 Å². The number of rotatable bonds is 6. The second-order valence-electron chi connectivity index (χ2n) is 5.71. The van der Waals surface area contributed by atoms with Crippen LogP contribution in [0, 0.1) is 19.8 Å². The van der Waals surface area contributed by atoms with Gasteiger partial charge in [0.05, 0.1) is 19.2 Å². The summed E-state index contributed by atoms with van der Waals surface area (Å²) in [4.78, 5) is 23.3. The van der Waals surface area contributed by atoms with Gasteiger partial charge in [-0.2, -0.15) is 5.10 Å². The number of ether oxygens (including phenoxy) is 1. The molecule has 0 saturated carbocycles. The molecular weight excluding hydrogens is 270 g/mol. The molecular formula is C15H25N3O3. The summed E-state index contributed by atoms with van der Waals surface area (Å²) in [7, 11) is 1.30. The lowest BCUT2D eigenvalue weighted by molar-refractivity contribution is -0.144. The number of aromatic nitrogens is 2. The van der Waals surface area contributed by atoms with Crippen LogP contribution in [0.25, 0.3) is 0 Å². The van der Waals surface area contributed by atoms with Crippen molar-refractivity contribution in [1.29, 1.82) is 0 Å². The first-order chi connectivity index (χ1) is 9.76. The fourth-order valence-electron chi connectivity index (χ4n) is 2.20. The summed E-state index contributed by atoms with van der Waals surface area (Å²) in [5.41, 5.74) is 2.78. The maximum atomic E-state index is 12.0. The molecule has 1 N–H and O–H groups in total. The van der Waals surface area contributed by atoms with Crippen molar-refractivity contribution >= 4 is 11.9 Å². The van der Waals surface area contributed by atoms with Crippen molar-refractivity contribution in [1.82, 2.24) is 15.1 Å². The Hall–Kier alpha value is -1.85. The monoisotopic (exact) mass is 295 g/mol. The molecule has 0 unspecified atom stereocenters. The Labute approximate surface area is 125 Å². The fourth-order valence-corrected chi connectivity index (χ4v) is 2.20. The van der Waals surface area contributed by atoms with E-state index >= 15 is 0 Å². The number of carbonyl (C=O) groups is 2. The molecule has 1 atom stereocenters. The zero-order valence-electron chi connectivity index (χ0n) is 13.7. The van der Waals surface area contributed by atoms with Crippen LogP contribution in [0.5, 0.6) is 0 Å². The Bertz CT molecular complexity index is 520. The smallest absolute Gasteiger partial charge is 0.328 e. The van der Waals surface area contributed by atoms with Crippen molar-refractivity contribution in [3.05, 3.63) is 17.0 Å². The molecule has 21 heavy (non-hydrogen) atoms. The Morgan fingerprint density at radius 1 is 1.29 bits per heavy atom. The predicted octanol–water partition coefficient (Wildman–Crippen LogP) is 1.38. The number of hydrogen-bond donors (Lipinski definition) is 1. The molecule has 0 aliphatic carbocycles. The summed E-state index contributed by atoms with van der Waals surface area (Å²) in [6.45, 7) is 10.5. The van der Waals surface area contributed by atoms with Gasteiger partial charge in [0.2, 0.25) is 5.91 Å². The van der Waals surface area contributed by atoms with Crippen LogP contribution in [0.3, 0.4) is 0 Å². The van der Waals surface area contributed by atoms with Crippen molar-refractivity contribution < 1.29 is 14.3 Å². The van der Waals surface area contributed by atoms with Crippen LogP contribution in [0.2, 0.25) is 0 Å². The highest BCUT2D eigenvalue weighted by molar-refractivity contribution is 5.85. The molecule has 1 amide bonds. The van der Waals surface area contributed by atoms with E-state index in [0.29, 0.717) is 5.92 Å². The Kier molecular flexibility index (Phi) is 5.93. The van der Waals surface area contributed by atoms with E-state index in [1.54, 1.807) is 6.92 Å². The zero-order chi connectivity index (χ0) is 16.2. The molecule has 0 fully saturated rings. The summed E-state index contributed by atoms with van der Waals surface area (Å²) in [6, 6.07) is -0.645. The SMILES string of the molecule is COC(=O)[C@H](C)NC(=O)Cc1c(C)nn(CC(C)C)c1C. The van der Waals surface area contributed by atoms with E-state index in [1.165, 1.54) is 7.11 Å². The normalized spacial score (nSPS) is 12.3. The van der Waals surface area contributed by atoms with Crippen molar-refractivity contribution in [2.24, 2.45) is 5.92 Å². The average molecular weight is 295 g/mol. The summed E-state index contributed by atoms with van der Waals surface area (Å²) in [6.07, 6.45) is 0.219. The van der Waals surface area contributed by atoms with Crippen molar-refractivity contribution in [3.63, 3.8) is 0 Å². The Balaban J connectivity index is 2.77. The highest BCUT2D eigenvalue weighted by Crippen LogP contribution is 2.15. The van der Waals surface area contributed by atoms with Gasteiger partial charge in [0.15, 0.2) is 0 Å². The number of aryl methyl sites for hydroxylation is 1. The number of carbonyl (C=O) groups excluding carboxylic acids is 2. The van der Waals surface area contributed by atoms with Crippen LogP contribution >= 0.6 is 0 Å². The molecule has 0 spiro atoms. The molecule has 0 aliphatic rings. The van der Waals surface area contributed by atoms with Gasteiger partial charge in [0.1, 0.15) is 6.04 Å². The highest BCUT2D eigenvalue weighted by Gasteiger charge is 2.19.